The maximum Gasteiger partial charge on any atom is 0.355 e. The number of hydrogen-bond acceptors (Lipinski definition) is 7. The highest BCUT2D eigenvalue weighted by Gasteiger charge is 2.31. The summed E-state index contributed by atoms with van der Waals surface area (Å²) in [5.41, 5.74) is 5.51. The molecule has 3 aromatic carbocycles. The Morgan fingerprint density at radius 2 is 1.72 bits per heavy atom. The number of benzene rings is 3. The molecule has 0 saturated carbocycles. The van der Waals surface area contributed by atoms with E-state index in [-0.39, 0.29) is 11.8 Å². The molecule has 5 aromatic rings. The number of carbonyl (C=O) groups is 1. The van der Waals surface area contributed by atoms with Gasteiger partial charge in [-0.05, 0) is 115 Å². The number of ether oxygens (including phenoxy) is 2. The molecule has 2 fully saturated rings. The molecule has 2 aliphatic heterocycles. The molecule has 2 aromatic heterocycles. The topological polar surface area (TPSA) is 76.8 Å². The Balaban J connectivity index is 1.25. The fraction of sp³-hybridized carbons (Fsp3) is 0.488. The van der Waals surface area contributed by atoms with E-state index in [0.717, 1.165) is 95.6 Å². The Bertz CT molecular complexity index is 2140. The maximum absolute atomic E-state index is 14.5. The van der Waals surface area contributed by atoms with Gasteiger partial charge in [0.1, 0.15) is 22.9 Å². The van der Waals surface area contributed by atoms with E-state index in [4.69, 9.17) is 26.2 Å². The van der Waals surface area contributed by atoms with Gasteiger partial charge >= 0.3 is 5.97 Å². The molecule has 2 aliphatic rings. The first-order valence-electron chi connectivity index (χ1n) is 19.5. The number of aryl methyl sites for hydroxylation is 3. The Morgan fingerprint density at radius 1 is 0.981 bits per heavy atom. The maximum atomic E-state index is 14.5. The molecular formula is C43H54ClFN6O3. The van der Waals surface area contributed by atoms with Gasteiger partial charge in [0, 0.05) is 80.0 Å². The molecule has 0 unspecified atom stereocenters. The van der Waals surface area contributed by atoms with E-state index >= 15 is 0 Å². The SMILES string of the molecule is Cc1nn(C)c(C)c1-c1c(Cl)ccc2c(CCCOc3cccc4cc(F)ccc34)c(C(=O)OC(C)(C)C)n(CCN3CCN(C4CCNCC4)CC3)c12. The Labute approximate surface area is 323 Å². The third-order valence-electron chi connectivity index (χ3n) is 11.1. The van der Waals surface area contributed by atoms with E-state index in [0.29, 0.717) is 48.5 Å². The zero-order valence-electron chi connectivity index (χ0n) is 32.6. The summed E-state index contributed by atoms with van der Waals surface area (Å²) in [5, 5.41) is 11.5. The first-order valence-corrected chi connectivity index (χ1v) is 19.8. The van der Waals surface area contributed by atoms with Crippen LogP contribution >= 0.6 is 11.6 Å². The van der Waals surface area contributed by atoms with E-state index in [1.165, 1.54) is 25.0 Å². The number of piperidine rings is 1. The van der Waals surface area contributed by atoms with Gasteiger partial charge in [-0.3, -0.25) is 14.5 Å². The number of carbonyl (C=O) groups excluding carboxylic acids is 1. The van der Waals surface area contributed by atoms with Gasteiger partial charge in [0.15, 0.2) is 0 Å². The third-order valence-corrected chi connectivity index (χ3v) is 11.4. The number of piperazine rings is 1. The van der Waals surface area contributed by atoms with Gasteiger partial charge in [-0.15, -0.1) is 0 Å². The molecule has 1 N–H and O–H groups in total. The minimum atomic E-state index is -0.686. The van der Waals surface area contributed by atoms with Crippen LogP contribution in [0, 0.1) is 19.7 Å². The highest BCUT2D eigenvalue weighted by Crippen LogP contribution is 2.42. The summed E-state index contributed by atoms with van der Waals surface area (Å²) in [6.07, 6.45) is 3.65. The molecule has 7 rings (SSSR count). The number of nitrogens with one attached hydrogen (secondary N) is 1. The van der Waals surface area contributed by atoms with Crippen LogP contribution in [0.5, 0.6) is 5.75 Å². The zero-order valence-corrected chi connectivity index (χ0v) is 33.4. The van der Waals surface area contributed by atoms with Crippen LogP contribution in [0.4, 0.5) is 4.39 Å². The lowest BCUT2D eigenvalue weighted by atomic mass is 9.98. The molecule has 288 valence electrons. The number of nitrogens with zero attached hydrogens (tertiary/aromatic N) is 5. The molecule has 4 heterocycles. The van der Waals surface area contributed by atoms with Crippen molar-refractivity contribution in [3.8, 4) is 16.9 Å². The summed E-state index contributed by atoms with van der Waals surface area (Å²) in [6.45, 7) is 17.9. The van der Waals surface area contributed by atoms with Gasteiger partial charge in [-0.1, -0.05) is 29.8 Å². The number of aromatic nitrogens is 3. The quantitative estimate of drug-likeness (QED) is 0.108. The summed E-state index contributed by atoms with van der Waals surface area (Å²) in [4.78, 5) is 19.6. The molecule has 2 saturated heterocycles. The minimum absolute atomic E-state index is 0.277. The minimum Gasteiger partial charge on any atom is -0.493 e. The third kappa shape index (κ3) is 8.03. The second-order valence-electron chi connectivity index (χ2n) is 15.9. The van der Waals surface area contributed by atoms with Crippen molar-refractivity contribution in [1.29, 1.82) is 0 Å². The molecule has 11 heteroatoms. The standard InChI is InChI=1S/C43H54ClFN6O3/c1-28-38(29(2)48(6)47-28)39-36(44)15-14-35-34(10-8-26-53-37-11-7-9-30-27-31(45)12-13-33(30)37)41(42(52)54-43(3,4)5)51(40(35)39)25-22-49-20-23-50(24-21-49)32-16-18-46-19-17-32/h7,9,11-15,27,32,46H,8,10,16-26H2,1-6H3. The molecule has 0 aliphatic carbocycles. The number of rotatable bonds is 11. The summed E-state index contributed by atoms with van der Waals surface area (Å²) in [7, 11) is 1.95. The van der Waals surface area contributed by atoms with Gasteiger partial charge in [-0.2, -0.15) is 5.10 Å². The Kier molecular flexibility index (Phi) is 11.4. The van der Waals surface area contributed by atoms with E-state index in [2.05, 4.69) is 32.7 Å². The number of hydrogen-bond donors (Lipinski definition) is 1. The lowest BCUT2D eigenvalue weighted by molar-refractivity contribution is 0.00556. The average molecular weight is 757 g/mol. The summed E-state index contributed by atoms with van der Waals surface area (Å²) < 4.78 is 30.5. The van der Waals surface area contributed by atoms with Crippen molar-refractivity contribution in [2.45, 2.75) is 78.5 Å². The number of halogens is 2. The number of fused-ring (bicyclic) bond motifs is 2. The fourth-order valence-corrected chi connectivity index (χ4v) is 8.70. The van der Waals surface area contributed by atoms with Crippen molar-refractivity contribution in [3.63, 3.8) is 0 Å². The molecular weight excluding hydrogens is 703 g/mol. The zero-order chi connectivity index (χ0) is 38.1. The van der Waals surface area contributed by atoms with Crippen LogP contribution in [0.25, 0.3) is 32.8 Å². The van der Waals surface area contributed by atoms with Gasteiger partial charge in [0.2, 0.25) is 0 Å². The fourth-order valence-electron chi connectivity index (χ4n) is 8.45. The van der Waals surface area contributed by atoms with Crippen molar-refractivity contribution < 1.29 is 18.7 Å². The summed E-state index contributed by atoms with van der Waals surface area (Å²) in [5.74, 6) is 0.0867. The van der Waals surface area contributed by atoms with Crippen molar-refractivity contribution in [2.75, 3.05) is 52.4 Å². The van der Waals surface area contributed by atoms with Crippen LogP contribution in [0.15, 0.2) is 48.5 Å². The van der Waals surface area contributed by atoms with Crippen LogP contribution < -0.4 is 10.1 Å². The van der Waals surface area contributed by atoms with Crippen molar-refractivity contribution in [2.24, 2.45) is 7.05 Å². The molecule has 0 radical (unpaired) electrons. The lowest BCUT2D eigenvalue weighted by Crippen LogP contribution is -2.53. The van der Waals surface area contributed by atoms with Crippen molar-refractivity contribution >= 4 is 39.2 Å². The second-order valence-corrected chi connectivity index (χ2v) is 16.3. The van der Waals surface area contributed by atoms with E-state index in [1.807, 2.05) is 63.7 Å². The lowest BCUT2D eigenvalue weighted by Gasteiger charge is -2.41. The first kappa shape index (κ1) is 38.3. The molecule has 9 nitrogen and oxygen atoms in total. The monoisotopic (exact) mass is 756 g/mol. The largest absolute Gasteiger partial charge is 0.493 e. The van der Waals surface area contributed by atoms with Crippen LogP contribution in [0.2, 0.25) is 5.02 Å². The van der Waals surface area contributed by atoms with Crippen molar-refractivity contribution in [3.05, 3.63) is 82.0 Å². The molecule has 0 bridgehead atoms. The predicted octanol–water partition coefficient (Wildman–Crippen LogP) is 7.94. The molecule has 0 amide bonds. The second kappa shape index (κ2) is 16.0. The van der Waals surface area contributed by atoms with Gasteiger partial charge in [0.05, 0.1) is 22.8 Å². The summed E-state index contributed by atoms with van der Waals surface area (Å²) in [6, 6.07) is 15.1. The molecule has 0 spiro atoms. The van der Waals surface area contributed by atoms with E-state index in [1.54, 1.807) is 6.07 Å². The highest BCUT2D eigenvalue weighted by molar-refractivity contribution is 6.35. The van der Waals surface area contributed by atoms with Gasteiger partial charge in [0.25, 0.3) is 0 Å². The Morgan fingerprint density at radius 3 is 2.43 bits per heavy atom. The van der Waals surface area contributed by atoms with Crippen LogP contribution in [-0.2, 0) is 24.8 Å². The first-order chi connectivity index (χ1) is 25.9. The van der Waals surface area contributed by atoms with E-state index < -0.39 is 5.60 Å². The molecule has 0 atom stereocenters. The van der Waals surface area contributed by atoms with Crippen LogP contribution in [0.3, 0.4) is 0 Å². The van der Waals surface area contributed by atoms with Crippen molar-refractivity contribution in [1.82, 2.24) is 29.5 Å². The predicted molar refractivity (Wildman–Crippen MR) is 215 cm³/mol. The van der Waals surface area contributed by atoms with Crippen LogP contribution in [-0.4, -0.2) is 94.2 Å². The average Bonchev–Trinajstić information content (AvgIpc) is 3.59. The summed E-state index contributed by atoms with van der Waals surface area (Å²) >= 11 is 7.17. The Hall–Kier alpha value is -3.96. The van der Waals surface area contributed by atoms with Crippen LogP contribution in [0.1, 0.15) is 67.5 Å². The number of esters is 1. The highest BCUT2D eigenvalue weighted by atomic mass is 35.5. The van der Waals surface area contributed by atoms with E-state index in [9.17, 15) is 9.18 Å². The smallest absolute Gasteiger partial charge is 0.355 e. The van der Waals surface area contributed by atoms with Gasteiger partial charge < -0.3 is 19.4 Å². The normalized spacial score (nSPS) is 16.4. The molecule has 54 heavy (non-hydrogen) atoms. The van der Waals surface area contributed by atoms with Gasteiger partial charge in [-0.25, -0.2) is 9.18 Å².